The van der Waals surface area contributed by atoms with Gasteiger partial charge in [-0.05, 0) is 38.3 Å². The van der Waals surface area contributed by atoms with Gasteiger partial charge in [0.2, 0.25) is 0 Å². The Bertz CT molecular complexity index is 1560. The van der Waals surface area contributed by atoms with Crippen molar-refractivity contribution in [2.75, 3.05) is 0 Å². The van der Waals surface area contributed by atoms with Crippen molar-refractivity contribution in [1.29, 1.82) is 0 Å². The van der Waals surface area contributed by atoms with Crippen molar-refractivity contribution in [2.24, 2.45) is 0 Å². The molecular formula is C26H28N6O5. The molecule has 0 saturated heterocycles. The van der Waals surface area contributed by atoms with Crippen molar-refractivity contribution in [1.82, 2.24) is 29.5 Å². The lowest BCUT2D eigenvalue weighted by Gasteiger charge is -2.14. The molecule has 0 aliphatic carbocycles. The number of imidazole rings is 1. The number of imide groups is 1. The molecule has 192 valence electrons. The first kappa shape index (κ1) is 25.5. The largest absolute Gasteiger partial charge is 0.332 e. The number of amides is 3. The summed E-state index contributed by atoms with van der Waals surface area (Å²) in [5.74, 6) is -1.28. The van der Waals surface area contributed by atoms with Gasteiger partial charge in [-0.2, -0.15) is 5.01 Å². The molecule has 3 heterocycles. The first-order valence-corrected chi connectivity index (χ1v) is 12.1. The van der Waals surface area contributed by atoms with E-state index in [0.29, 0.717) is 64.7 Å². The molecule has 2 N–H and O–H groups in total. The summed E-state index contributed by atoms with van der Waals surface area (Å²) in [6.45, 7) is 7.70. The van der Waals surface area contributed by atoms with E-state index in [1.54, 1.807) is 24.3 Å². The molecule has 0 spiro atoms. The maximum atomic E-state index is 12.9. The second-order valence-electron chi connectivity index (χ2n) is 8.80. The number of nitrogens with zero attached hydrogens (tertiary/aromatic N) is 4. The number of aryl methyl sites for hydroxylation is 1. The van der Waals surface area contributed by atoms with Crippen molar-refractivity contribution in [3.05, 3.63) is 67.9 Å². The molecule has 11 heteroatoms. The lowest BCUT2D eigenvalue weighted by molar-refractivity contribution is -0.145. The summed E-state index contributed by atoms with van der Waals surface area (Å²) in [5, 5.41) is 0.703. The Morgan fingerprint density at radius 2 is 1.54 bits per heavy atom. The quantitative estimate of drug-likeness (QED) is 0.356. The molecule has 0 unspecified atom stereocenters. The van der Waals surface area contributed by atoms with E-state index >= 15 is 0 Å². The standard InChI is InChI=1S/C26H28N6O5/c1-5-13-30-22-20(25(36)31(14-6-2)26(30)37)27-21(28-22)18-10-7-17(8-11-18)9-12-19(33)29-32-23(34)15(3)16(4)24(32)35/h7-12H,5-6,13-14H2,1-4H3,(H,27,28)(H,29,33)/b12-9+. The number of aromatic nitrogens is 4. The van der Waals surface area contributed by atoms with Gasteiger partial charge >= 0.3 is 5.69 Å². The van der Waals surface area contributed by atoms with Crippen LogP contribution in [0.1, 0.15) is 46.1 Å². The Labute approximate surface area is 212 Å². The van der Waals surface area contributed by atoms with Crippen LogP contribution in [0.25, 0.3) is 28.6 Å². The van der Waals surface area contributed by atoms with Crippen molar-refractivity contribution < 1.29 is 14.4 Å². The smallest absolute Gasteiger partial charge is 0.332 e. The van der Waals surface area contributed by atoms with Crippen molar-refractivity contribution in [2.45, 2.75) is 53.6 Å². The van der Waals surface area contributed by atoms with Crippen molar-refractivity contribution >= 4 is 35.0 Å². The van der Waals surface area contributed by atoms with E-state index in [9.17, 15) is 24.0 Å². The van der Waals surface area contributed by atoms with Gasteiger partial charge in [0.25, 0.3) is 23.3 Å². The van der Waals surface area contributed by atoms with Crippen molar-refractivity contribution in [3.63, 3.8) is 0 Å². The van der Waals surface area contributed by atoms with Crippen LogP contribution in [0, 0.1) is 0 Å². The zero-order chi connectivity index (χ0) is 26.9. The van der Waals surface area contributed by atoms with Gasteiger partial charge in [0.15, 0.2) is 5.65 Å². The van der Waals surface area contributed by atoms with E-state index < -0.39 is 23.3 Å². The van der Waals surface area contributed by atoms with Crippen LogP contribution in [0.3, 0.4) is 0 Å². The van der Waals surface area contributed by atoms with Gasteiger partial charge in [0.05, 0.1) is 0 Å². The molecule has 37 heavy (non-hydrogen) atoms. The van der Waals surface area contributed by atoms with Gasteiger partial charge in [0.1, 0.15) is 11.3 Å². The number of H-pyrrole nitrogens is 1. The lowest BCUT2D eigenvalue weighted by atomic mass is 10.1. The van der Waals surface area contributed by atoms with Gasteiger partial charge in [-0.25, -0.2) is 9.78 Å². The number of hydrogen-bond donors (Lipinski definition) is 2. The number of fused-ring (bicyclic) bond motifs is 1. The highest BCUT2D eigenvalue weighted by Crippen LogP contribution is 2.20. The average Bonchev–Trinajstić information content (AvgIpc) is 3.41. The number of aromatic amines is 1. The molecule has 2 aromatic heterocycles. The van der Waals surface area contributed by atoms with E-state index in [-0.39, 0.29) is 11.2 Å². The highest BCUT2D eigenvalue weighted by Gasteiger charge is 2.34. The fourth-order valence-corrected chi connectivity index (χ4v) is 4.07. The number of rotatable bonds is 8. The molecule has 3 aromatic rings. The number of carbonyl (C=O) groups excluding carboxylic acids is 3. The number of carbonyl (C=O) groups is 3. The normalized spacial score (nSPS) is 14.0. The van der Waals surface area contributed by atoms with Crippen LogP contribution in [0.5, 0.6) is 0 Å². The van der Waals surface area contributed by atoms with Crippen LogP contribution >= 0.6 is 0 Å². The zero-order valence-corrected chi connectivity index (χ0v) is 21.1. The van der Waals surface area contributed by atoms with E-state index in [1.807, 2.05) is 13.8 Å². The minimum absolute atomic E-state index is 0.281. The Kier molecular flexibility index (Phi) is 7.05. The Balaban J connectivity index is 1.56. The van der Waals surface area contributed by atoms with Gasteiger partial charge in [-0.15, -0.1) is 0 Å². The molecule has 3 amide bonds. The summed E-state index contributed by atoms with van der Waals surface area (Å²) in [6, 6.07) is 7.05. The maximum absolute atomic E-state index is 12.9. The monoisotopic (exact) mass is 504 g/mol. The van der Waals surface area contributed by atoms with Gasteiger partial charge in [0, 0.05) is 35.9 Å². The van der Waals surface area contributed by atoms with Gasteiger partial charge in [-0.3, -0.25) is 33.7 Å². The summed E-state index contributed by atoms with van der Waals surface area (Å²) in [7, 11) is 0. The Morgan fingerprint density at radius 3 is 2.14 bits per heavy atom. The number of benzene rings is 1. The molecule has 0 fully saturated rings. The summed E-state index contributed by atoms with van der Waals surface area (Å²) >= 11 is 0. The van der Waals surface area contributed by atoms with Crippen LogP contribution in [-0.2, 0) is 27.5 Å². The summed E-state index contributed by atoms with van der Waals surface area (Å²) in [6.07, 6.45) is 4.13. The number of hydrazine groups is 1. The fraction of sp³-hybridized carbons (Fsp3) is 0.308. The van der Waals surface area contributed by atoms with Crippen LogP contribution in [0.15, 0.2) is 51.1 Å². The molecule has 0 saturated carbocycles. The van der Waals surface area contributed by atoms with Crippen molar-refractivity contribution in [3.8, 4) is 11.4 Å². The molecule has 0 bridgehead atoms. The topological polar surface area (TPSA) is 139 Å². The highest BCUT2D eigenvalue weighted by molar-refractivity contribution is 6.19. The van der Waals surface area contributed by atoms with Crippen LogP contribution < -0.4 is 16.7 Å². The predicted octanol–water partition coefficient (Wildman–Crippen LogP) is 2.12. The third-order valence-electron chi connectivity index (χ3n) is 6.20. The minimum atomic E-state index is -0.622. The highest BCUT2D eigenvalue weighted by atomic mass is 16.2. The summed E-state index contributed by atoms with van der Waals surface area (Å²) in [4.78, 5) is 69.8. The SMILES string of the molecule is CCCn1c(=O)c2[nH]c(-c3ccc(/C=C/C(=O)NN4C(=O)C(C)=C(C)C4=O)cc3)nc2n(CCC)c1=O. The maximum Gasteiger partial charge on any atom is 0.332 e. The molecule has 1 aromatic carbocycles. The zero-order valence-electron chi connectivity index (χ0n) is 21.1. The average molecular weight is 505 g/mol. The van der Waals surface area contributed by atoms with Crippen LogP contribution in [-0.4, -0.2) is 41.8 Å². The first-order valence-electron chi connectivity index (χ1n) is 12.1. The molecule has 4 rings (SSSR count). The molecule has 0 radical (unpaired) electrons. The second-order valence-corrected chi connectivity index (χ2v) is 8.80. The molecular weight excluding hydrogens is 476 g/mol. The Morgan fingerprint density at radius 1 is 0.946 bits per heavy atom. The van der Waals surface area contributed by atoms with Gasteiger partial charge < -0.3 is 4.98 Å². The number of hydrogen-bond acceptors (Lipinski definition) is 6. The van der Waals surface area contributed by atoms with Crippen LogP contribution in [0.4, 0.5) is 0 Å². The molecule has 0 atom stereocenters. The minimum Gasteiger partial charge on any atom is -0.332 e. The second kappa shape index (κ2) is 10.2. The number of nitrogens with one attached hydrogen (secondary N) is 2. The summed E-state index contributed by atoms with van der Waals surface area (Å²) < 4.78 is 2.76. The summed E-state index contributed by atoms with van der Waals surface area (Å²) in [5.41, 5.74) is 4.12. The van der Waals surface area contributed by atoms with E-state index in [0.717, 1.165) is 0 Å². The molecule has 11 nitrogen and oxygen atoms in total. The third kappa shape index (κ3) is 4.67. The Hall–Kier alpha value is -4.54. The van der Waals surface area contributed by atoms with E-state index in [1.165, 1.54) is 35.1 Å². The van der Waals surface area contributed by atoms with E-state index in [2.05, 4.69) is 15.4 Å². The van der Waals surface area contributed by atoms with Crippen LogP contribution in [0.2, 0.25) is 0 Å². The lowest BCUT2D eigenvalue weighted by Crippen LogP contribution is -2.46. The molecule has 1 aliphatic heterocycles. The fourth-order valence-electron chi connectivity index (χ4n) is 4.07. The predicted molar refractivity (Wildman–Crippen MR) is 138 cm³/mol. The van der Waals surface area contributed by atoms with E-state index in [4.69, 9.17) is 0 Å². The first-order chi connectivity index (χ1) is 17.7. The molecule has 1 aliphatic rings. The van der Waals surface area contributed by atoms with Gasteiger partial charge in [-0.1, -0.05) is 38.1 Å². The third-order valence-corrected chi connectivity index (χ3v) is 6.20.